The molecule has 2 aliphatic carbocycles. The molecule has 8 atom stereocenters. The molecule has 1 aliphatic heterocycles. The zero-order valence-corrected chi connectivity index (χ0v) is 21.4. The number of phenols is 2. The molecule has 1 saturated heterocycles. The minimum atomic E-state index is -2.23. The molecule has 5 N–H and O–H groups in total. The first kappa shape index (κ1) is 27.3. The SMILES string of the molecule is COC1C(O[C@@H]2O[C@@H](C)[C@H](O)[C@@H](O)[C@H]2OC)c2c(cc3c(c2O)C(=O)c2c(O)cccc2C3=O)C(=O)C1(C)O. The number of carbonyl (C=O) groups excluding carboxylic acids is 3. The molecule has 0 spiro atoms. The Balaban J connectivity index is 1.71. The number of ketones is 3. The van der Waals surface area contributed by atoms with Gasteiger partial charge < -0.3 is 44.5 Å². The van der Waals surface area contributed by atoms with E-state index in [-0.39, 0.29) is 27.8 Å². The first-order chi connectivity index (χ1) is 18.4. The van der Waals surface area contributed by atoms with E-state index in [1.165, 1.54) is 46.3 Å². The van der Waals surface area contributed by atoms with Gasteiger partial charge in [-0.1, -0.05) is 12.1 Å². The predicted octanol–water partition coefficient (Wildman–Crippen LogP) is 0.375. The van der Waals surface area contributed by atoms with Crippen molar-refractivity contribution in [3.05, 3.63) is 57.6 Å². The van der Waals surface area contributed by atoms with Crippen molar-refractivity contribution >= 4 is 17.3 Å². The molecule has 2 aromatic rings. The third-order valence-electron chi connectivity index (χ3n) is 7.74. The van der Waals surface area contributed by atoms with Crippen molar-refractivity contribution in [2.45, 2.75) is 62.4 Å². The first-order valence-corrected chi connectivity index (χ1v) is 12.2. The van der Waals surface area contributed by atoms with Crippen LogP contribution < -0.4 is 0 Å². The van der Waals surface area contributed by atoms with E-state index in [0.29, 0.717) is 0 Å². The van der Waals surface area contributed by atoms with E-state index < -0.39 is 82.9 Å². The number of carbonyl (C=O) groups is 3. The maximum Gasteiger partial charge on any atom is 0.201 e. The highest BCUT2D eigenvalue weighted by atomic mass is 16.7. The highest BCUT2D eigenvalue weighted by Gasteiger charge is 2.56. The third-order valence-corrected chi connectivity index (χ3v) is 7.74. The molecule has 12 heteroatoms. The maximum atomic E-state index is 13.5. The van der Waals surface area contributed by atoms with Gasteiger partial charge in [0, 0.05) is 36.5 Å². The van der Waals surface area contributed by atoms with Crippen molar-refractivity contribution in [2.75, 3.05) is 14.2 Å². The number of aliphatic hydroxyl groups is 3. The average Bonchev–Trinajstić information content (AvgIpc) is 2.88. The van der Waals surface area contributed by atoms with Crippen LogP contribution in [0.3, 0.4) is 0 Å². The van der Waals surface area contributed by atoms with Crippen molar-refractivity contribution in [1.29, 1.82) is 0 Å². The average molecular weight is 545 g/mol. The van der Waals surface area contributed by atoms with Crippen LogP contribution in [-0.4, -0.2) is 99.5 Å². The number of hydrogen-bond donors (Lipinski definition) is 5. The van der Waals surface area contributed by atoms with Gasteiger partial charge in [0.05, 0.1) is 17.2 Å². The normalized spacial score (nSPS) is 33.9. The van der Waals surface area contributed by atoms with Gasteiger partial charge in [-0.15, -0.1) is 0 Å². The molecular weight excluding hydrogens is 516 g/mol. The van der Waals surface area contributed by atoms with Crippen molar-refractivity contribution in [3.63, 3.8) is 0 Å². The summed E-state index contributed by atoms with van der Waals surface area (Å²) in [5.74, 6) is -3.71. The van der Waals surface area contributed by atoms with Gasteiger partial charge >= 0.3 is 0 Å². The molecule has 1 heterocycles. The van der Waals surface area contributed by atoms with E-state index in [4.69, 9.17) is 18.9 Å². The molecule has 0 radical (unpaired) electrons. The van der Waals surface area contributed by atoms with Gasteiger partial charge in [0.2, 0.25) is 5.78 Å². The molecule has 0 aromatic heterocycles. The molecule has 0 bridgehead atoms. The van der Waals surface area contributed by atoms with Crippen molar-refractivity contribution in [2.24, 2.45) is 0 Å². The summed E-state index contributed by atoms with van der Waals surface area (Å²) in [6, 6.07) is 5.05. The molecule has 208 valence electrons. The van der Waals surface area contributed by atoms with E-state index in [1.54, 1.807) is 0 Å². The number of methoxy groups -OCH3 is 2. The number of benzene rings is 2. The van der Waals surface area contributed by atoms with Crippen molar-refractivity contribution in [3.8, 4) is 11.5 Å². The van der Waals surface area contributed by atoms with Crippen LogP contribution in [0.25, 0.3) is 0 Å². The Hall–Kier alpha value is -3.23. The summed E-state index contributed by atoms with van der Waals surface area (Å²) in [6.45, 7) is 2.66. The van der Waals surface area contributed by atoms with Crippen LogP contribution in [0.2, 0.25) is 0 Å². The van der Waals surface area contributed by atoms with E-state index in [1.807, 2.05) is 0 Å². The molecule has 5 rings (SSSR count). The van der Waals surface area contributed by atoms with Gasteiger partial charge in [-0.2, -0.15) is 0 Å². The number of rotatable bonds is 4. The predicted molar refractivity (Wildman–Crippen MR) is 130 cm³/mol. The zero-order chi connectivity index (χ0) is 28.5. The van der Waals surface area contributed by atoms with Gasteiger partial charge in [0.25, 0.3) is 0 Å². The number of Topliss-reactive ketones (excluding diaryl/α,β-unsaturated/α-hetero) is 1. The van der Waals surface area contributed by atoms with Crippen LogP contribution in [0.15, 0.2) is 24.3 Å². The Kier molecular flexibility index (Phi) is 6.63. The largest absolute Gasteiger partial charge is 0.507 e. The second-order valence-corrected chi connectivity index (χ2v) is 10.0. The van der Waals surface area contributed by atoms with Gasteiger partial charge in [-0.3, -0.25) is 14.4 Å². The standard InChI is InChI=1S/C27H28O12/c1-9-17(29)21(33)23(36-3)26(38-9)39-22-16-12(24(34)27(2,35)25(22)37-4)8-11-15(20(16)32)19(31)14-10(18(11)30)6-5-7-13(14)28/h5-9,17,21-23,25-26,28-29,32-33,35H,1-4H3/t9-,17-,21+,22?,23+,25?,26-,27?/m0/s1. The lowest BCUT2D eigenvalue weighted by Crippen LogP contribution is -2.60. The molecule has 39 heavy (non-hydrogen) atoms. The molecular formula is C27H28O12. The summed E-state index contributed by atoms with van der Waals surface area (Å²) in [7, 11) is 2.45. The smallest absolute Gasteiger partial charge is 0.201 e. The molecule has 12 nitrogen and oxygen atoms in total. The van der Waals surface area contributed by atoms with Crippen LogP contribution in [0.4, 0.5) is 0 Å². The monoisotopic (exact) mass is 544 g/mol. The Morgan fingerprint density at radius 2 is 1.62 bits per heavy atom. The molecule has 3 unspecified atom stereocenters. The maximum absolute atomic E-state index is 13.5. The van der Waals surface area contributed by atoms with Crippen molar-refractivity contribution in [1.82, 2.24) is 0 Å². The zero-order valence-electron chi connectivity index (χ0n) is 21.4. The lowest BCUT2D eigenvalue weighted by molar-refractivity contribution is -0.321. The Morgan fingerprint density at radius 1 is 0.923 bits per heavy atom. The summed E-state index contributed by atoms with van der Waals surface area (Å²) < 4.78 is 22.6. The molecule has 3 aliphatic rings. The summed E-state index contributed by atoms with van der Waals surface area (Å²) in [5.41, 5.74) is -3.94. The van der Waals surface area contributed by atoms with Crippen LogP contribution in [0, 0.1) is 0 Å². The second kappa shape index (κ2) is 9.45. The number of hydrogen-bond acceptors (Lipinski definition) is 12. The second-order valence-electron chi connectivity index (χ2n) is 10.0. The minimum Gasteiger partial charge on any atom is -0.507 e. The van der Waals surface area contributed by atoms with Gasteiger partial charge in [0.1, 0.15) is 42.0 Å². The third kappa shape index (κ3) is 3.83. The van der Waals surface area contributed by atoms with Crippen LogP contribution >= 0.6 is 0 Å². The summed E-state index contributed by atoms with van der Waals surface area (Å²) in [6.07, 6.45) is -9.24. The van der Waals surface area contributed by atoms with Crippen LogP contribution in [-0.2, 0) is 18.9 Å². The number of fused-ring (bicyclic) bond motifs is 3. The fourth-order valence-corrected chi connectivity index (χ4v) is 5.65. The number of aromatic hydroxyl groups is 2. The van der Waals surface area contributed by atoms with Crippen LogP contribution in [0.1, 0.15) is 67.7 Å². The number of phenolic OH excluding ortho intramolecular Hbond substituents is 2. The lowest BCUT2D eigenvalue weighted by Gasteiger charge is -2.46. The summed E-state index contributed by atoms with van der Waals surface area (Å²) in [4.78, 5) is 40.3. The first-order valence-electron chi connectivity index (χ1n) is 12.2. The number of ether oxygens (including phenoxy) is 4. The molecule has 1 fully saturated rings. The van der Waals surface area contributed by atoms with Gasteiger partial charge in [-0.05, 0) is 26.0 Å². The fraction of sp³-hybridized carbons (Fsp3) is 0.444. The topological polar surface area (TPSA) is 189 Å². The summed E-state index contributed by atoms with van der Waals surface area (Å²) >= 11 is 0. The summed E-state index contributed by atoms with van der Waals surface area (Å²) in [5, 5.41) is 53.8. The Bertz CT molecular complexity index is 1380. The van der Waals surface area contributed by atoms with Crippen LogP contribution in [0.5, 0.6) is 11.5 Å². The molecule has 0 saturated carbocycles. The van der Waals surface area contributed by atoms with E-state index in [9.17, 15) is 39.9 Å². The molecule has 0 amide bonds. The quantitative estimate of drug-likeness (QED) is 0.304. The minimum absolute atomic E-state index is 0.107. The highest BCUT2D eigenvalue weighted by molar-refractivity contribution is 6.31. The van der Waals surface area contributed by atoms with Crippen molar-refractivity contribution < 1.29 is 58.9 Å². The fourth-order valence-electron chi connectivity index (χ4n) is 5.65. The van der Waals surface area contributed by atoms with E-state index in [0.717, 1.165) is 6.07 Å². The van der Waals surface area contributed by atoms with E-state index in [2.05, 4.69) is 0 Å². The lowest BCUT2D eigenvalue weighted by atomic mass is 9.72. The van der Waals surface area contributed by atoms with Gasteiger partial charge in [0.15, 0.2) is 23.5 Å². The number of aliphatic hydroxyl groups excluding tert-OH is 2. The Morgan fingerprint density at radius 3 is 2.26 bits per heavy atom. The molecule has 2 aromatic carbocycles. The van der Waals surface area contributed by atoms with E-state index >= 15 is 0 Å². The Labute approximate surface area is 222 Å². The highest BCUT2D eigenvalue weighted by Crippen LogP contribution is 2.49. The van der Waals surface area contributed by atoms with Gasteiger partial charge in [-0.25, -0.2) is 0 Å².